The molecule has 2 rings (SSSR count). The first kappa shape index (κ1) is 14.7. The number of urea groups is 1. The van der Waals surface area contributed by atoms with Crippen LogP contribution in [0, 0.1) is 5.92 Å². The smallest absolute Gasteiger partial charge is 0.319 e. The van der Waals surface area contributed by atoms with Crippen LogP contribution in [-0.4, -0.2) is 29.9 Å². The van der Waals surface area contributed by atoms with Crippen molar-refractivity contribution < 1.29 is 14.6 Å². The van der Waals surface area contributed by atoms with Crippen LogP contribution in [0.3, 0.4) is 0 Å². The van der Waals surface area contributed by atoms with E-state index in [1.165, 1.54) is 12.8 Å². The van der Waals surface area contributed by atoms with Crippen molar-refractivity contribution in [3.63, 3.8) is 0 Å². The summed E-state index contributed by atoms with van der Waals surface area (Å²) >= 11 is 0. The molecule has 110 valence electrons. The molecule has 3 N–H and O–H groups in total. The molecule has 1 aromatic rings. The van der Waals surface area contributed by atoms with Crippen molar-refractivity contribution in [1.29, 1.82) is 0 Å². The maximum absolute atomic E-state index is 11.7. The number of rotatable bonds is 6. The molecule has 0 radical (unpaired) electrons. The van der Waals surface area contributed by atoms with Crippen molar-refractivity contribution in [1.82, 2.24) is 5.32 Å². The Morgan fingerprint density at radius 2 is 2.00 bits per heavy atom. The lowest BCUT2D eigenvalue weighted by Crippen LogP contribution is -2.48. The van der Waals surface area contributed by atoms with Gasteiger partial charge in [0.05, 0.1) is 18.8 Å². The molecule has 20 heavy (non-hydrogen) atoms. The molecule has 0 saturated heterocycles. The van der Waals surface area contributed by atoms with E-state index in [0.29, 0.717) is 5.69 Å². The lowest BCUT2D eigenvalue weighted by molar-refractivity contribution is 0.187. The summed E-state index contributed by atoms with van der Waals surface area (Å²) in [6, 6.07) is 6.95. The lowest BCUT2D eigenvalue weighted by Gasteiger charge is -2.23. The van der Waals surface area contributed by atoms with Crippen LogP contribution in [0.25, 0.3) is 0 Å². The van der Waals surface area contributed by atoms with Gasteiger partial charge in [0, 0.05) is 5.69 Å². The molecule has 1 fully saturated rings. The molecule has 5 heteroatoms. The van der Waals surface area contributed by atoms with E-state index in [0.717, 1.165) is 18.3 Å². The van der Waals surface area contributed by atoms with Gasteiger partial charge in [0.1, 0.15) is 5.75 Å². The van der Waals surface area contributed by atoms with E-state index in [-0.39, 0.29) is 12.6 Å². The molecule has 1 aliphatic rings. The predicted molar refractivity (Wildman–Crippen MR) is 78.0 cm³/mol. The topological polar surface area (TPSA) is 70.6 Å². The van der Waals surface area contributed by atoms with Crippen LogP contribution < -0.4 is 15.4 Å². The summed E-state index contributed by atoms with van der Waals surface area (Å²) in [6.45, 7) is 4.16. The van der Waals surface area contributed by atoms with Gasteiger partial charge in [-0.3, -0.25) is 0 Å². The van der Waals surface area contributed by atoms with Gasteiger partial charge in [-0.15, -0.1) is 0 Å². The Labute approximate surface area is 119 Å². The Morgan fingerprint density at radius 3 is 2.55 bits per heavy atom. The number of nitrogens with one attached hydrogen (secondary N) is 2. The van der Waals surface area contributed by atoms with Crippen molar-refractivity contribution in [2.24, 2.45) is 5.92 Å². The minimum absolute atomic E-state index is 0.117. The summed E-state index contributed by atoms with van der Waals surface area (Å²) in [4.78, 5) is 11.7. The Hall–Kier alpha value is -1.75. The van der Waals surface area contributed by atoms with Crippen LogP contribution in [-0.2, 0) is 0 Å². The number of hydrogen-bond donors (Lipinski definition) is 3. The molecule has 0 bridgehead atoms. The number of ether oxygens (including phenoxy) is 1. The van der Waals surface area contributed by atoms with Crippen LogP contribution in [0.1, 0.15) is 26.7 Å². The number of benzene rings is 1. The van der Waals surface area contributed by atoms with E-state index in [1.54, 1.807) is 26.0 Å². The first-order chi connectivity index (χ1) is 9.48. The third-order valence-electron chi connectivity index (χ3n) is 3.14. The van der Waals surface area contributed by atoms with Crippen molar-refractivity contribution >= 4 is 11.7 Å². The van der Waals surface area contributed by atoms with Crippen LogP contribution in [0.2, 0.25) is 0 Å². The second-order valence-corrected chi connectivity index (χ2v) is 5.90. The van der Waals surface area contributed by atoms with Gasteiger partial charge in [0.25, 0.3) is 0 Å². The number of hydrogen-bond acceptors (Lipinski definition) is 3. The van der Waals surface area contributed by atoms with E-state index in [9.17, 15) is 4.79 Å². The van der Waals surface area contributed by atoms with Gasteiger partial charge in [0.2, 0.25) is 0 Å². The van der Waals surface area contributed by atoms with Crippen molar-refractivity contribution in [2.75, 3.05) is 18.5 Å². The van der Waals surface area contributed by atoms with Crippen molar-refractivity contribution in [3.05, 3.63) is 24.3 Å². The van der Waals surface area contributed by atoms with Gasteiger partial charge in [-0.1, -0.05) is 0 Å². The fraction of sp³-hybridized carbons (Fsp3) is 0.533. The van der Waals surface area contributed by atoms with Crippen LogP contribution >= 0.6 is 0 Å². The van der Waals surface area contributed by atoms with Crippen molar-refractivity contribution in [3.8, 4) is 5.75 Å². The van der Waals surface area contributed by atoms with Gasteiger partial charge < -0.3 is 20.5 Å². The summed E-state index contributed by atoms with van der Waals surface area (Å²) in [5.74, 6) is 1.54. The number of carbonyl (C=O) groups is 1. The number of aliphatic hydroxyl groups excluding tert-OH is 1. The molecule has 0 aromatic heterocycles. The predicted octanol–water partition coefficient (Wildman–Crippen LogP) is 2.37. The molecule has 1 aliphatic carbocycles. The summed E-state index contributed by atoms with van der Waals surface area (Å²) in [6.07, 6.45) is 2.53. The van der Waals surface area contributed by atoms with Gasteiger partial charge >= 0.3 is 6.03 Å². The third-order valence-corrected chi connectivity index (χ3v) is 3.14. The van der Waals surface area contributed by atoms with Crippen LogP contribution in [0.5, 0.6) is 5.75 Å². The average Bonchev–Trinajstić information content (AvgIpc) is 3.21. The first-order valence-corrected chi connectivity index (χ1v) is 6.91. The second kappa shape index (κ2) is 6.13. The zero-order chi connectivity index (χ0) is 14.6. The Kier molecular flexibility index (Phi) is 4.49. The standard InChI is InChI=1S/C15H22N2O3/c1-15(2,10-18)17-14(19)16-12-5-7-13(8-6-12)20-9-11-3-4-11/h5-8,11,18H,3-4,9-10H2,1-2H3,(H2,16,17,19). The summed E-state index contributed by atoms with van der Waals surface area (Å²) in [5, 5.41) is 14.5. The SMILES string of the molecule is CC(C)(CO)NC(=O)Nc1ccc(OCC2CC2)cc1. The molecule has 1 saturated carbocycles. The fourth-order valence-corrected chi connectivity index (χ4v) is 1.64. The first-order valence-electron chi connectivity index (χ1n) is 6.91. The summed E-state index contributed by atoms with van der Waals surface area (Å²) < 4.78 is 5.63. The van der Waals surface area contributed by atoms with E-state index in [1.807, 2.05) is 12.1 Å². The molecule has 2 amide bonds. The number of anilines is 1. The highest BCUT2D eigenvalue weighted by Crippen LogP contribution is 2.29. The van der Waals surface area contributed by atoms with Gasteiger partial charge in [0.15, 0.2) is 0 Å². The quantitative estimate of drug-likeness (QED) is 0.748. The molecule has 1 aromatic carbocycles. The zero-order valence-corrected chi connectivity index (χ0v) is 12.0. The van der Waals surface area contributed by atoms with Crippen molar-refractivity contribution in [2.45, 2.75) is 32.2 Å². The molecule has 5 nitrogen and oxygen atoms in total. The van der Waals surface area contributed by atoms with Gasteiger partial charge in [-0.2, -0.15) is 0 Å². The van der Waals surface area contributed by atoms with E-state index >= 15 is 0 Å². The number of carbonyl (C=O) groups excluding carboxylic acids is 1. The molecule has 0 spiro atoms. The Balaban J connectivity index is 1.81. The fourth-order valence-electron chi connectivity index (χ4n) is 1.64. The van der Waals surface area contributed by atoms with Gasteiger partial charge in [-0.25, -0.2) is 4.79 Å². The monoisotopic (exact) mass is 278 g/mol. The zero-order valence-electron chi connectivity index (χ0n) is 12.0. The highest BCUT2D eigenvalue weighted by Gasteiger charge is 2.22. The summed E-state index contributed by atoms with van der Waals surface area (Å²) in [5.41, 5.74) is 0.0484. The largest absolute Gasteiger partial charge is 0.493 e. The second-order valence-electron chi connectivity index (χ2n) is 5.90. The molecule has 0 atom stereocenters. The lowest BCUT2D eigenvalue weighted by atomic mass is 10.1. The molecule has 0 heterocycles. The van der Waals surface area contributed by atoms with Gasteiger partial charge in [-0.05, 0) is 56.9 Å². The van der Waals surface area contributed by atoms with E-state index < -0.39 is 5.54 Å². The Morgan fingerprint density at radius 1 is 1.35 bits per heavy atom. The number of aliphatic hydroxyl groups is 1. The third kappa shape index (κ3) is 4.74. The van der Waals surface area contributed by atoms with E-state index in [4.69, 9.17) is 9.84 Å². The van der Waals surface area contributed by atoms with Crippen LogP contribution in [0.15, 0.2) is 24.3 Å². The highest BCUT2D eigenvalue weighted by molar-refractivity contribution is 5.89. The van der Waals surface area contributed by atoms with Crippen LogP contribution in [0.4, 0.5) is 10.5 Å². The Bertz CT molecular complexity index is 453. The number of amides is 2. The minimum Gasteiger partial charge on any atom is -0.493 e. The normalized spacial score (nSPS) is 14.8. The maximum atomic E-state index is 11.7. The average molecular weight is 278 g/mol. The maximum Gasteiger partial charge on any atom is 0.319 e. The highest BCUT2D eigenvalue weighted by atomic mass is 16.5. The minimum atomic E-state index is -0.641. The molecule has 0 aliphatic heterocycles. The summed E-state index contributed by atoms with van der Waals surface area (Å²) in [7, 11) is 0. The molecular formula is C15H22N2O3. The molecular weight excluding hydrogens is 256 g/mol. The van der Waals surface area contributed by atoms with E-state index in [2.05, 4.69) is 10.6 Å². The molecule has 0 unspecified atom stereocenters.